The Morgan fingerprint density at radius 2 is 1.67 bits per heavy atom. The Balaban J connectivity index is 1.32. The highest BCUT2D eigenvalue weighted by Crippen LogP contribution is 2.29. The third kappa shape index (κ3) is 6.98. The summed E-state index contributed by atoms with van der Waals surface area (Å²) >= 11 is 1.52. The molecule has 8 heteroatoms. The average molecular weight is 594 g/mol. The molecule has 1 aromatic heterocycles. The summed E-state index contributed by atoms with van der Waals surface area (Å²) in [7, 11) is 1.60. The molecule has 0 fully saturated rings. The molecule has 0 aliphatic rings. The molecule has 2 amide bonds. The van der Waals surface area contributed by atoms with E-state index in [1.165, 1.54) is 16.7 Å². The lowest BCUT2D eigenvalue weighted by atomic mass is 10.0. The number of ether oxygens (including phenoxy) is 1. The summed E-state index contributed by atoms with van der Waals surface area (Å²) in [6, 6.07) is 27.4. The number of hydrogen-bond acceptors (Lipinski definition) is 6. The molecule has 4 aromatic carbocycles. The van der Waals surface area contributed by atoms with E-state index >= 15 is 0 Å². The summed E-state index contributed by atoms with van der Waals surface area (Å²) in [5.74, 6) is 1.01. The first-order valence-corrected chi connectivity index (χ1v) is 15.4. The number of fused-ring (bicyclic) bond motifs is 2. The highest BCUT2D eigenvalue weighted by molar-refractivity contribution is 7.99. The molecule has 220 valence electrons. The fourth-order valence-electron chi connectivity index (χ4n) is 5.22. The van der Waals surface area contributed by atoms with E-state index in [0.717, 1.165) is 32.9 Å². The number of imide groups is 1. The van der Waals surface area contributed by atoms with Crippen molar-refractivity contribution in [2.24, 2.45) is 5.73 Å². The van der Waals surface area contributed by atoms with E-state index in [1.54, 1.807) is 13.2 Å². The number of anilines is 1. The van der Waals surface area contributed by atoms with E-state index < -0.39 is 11.9 Å². The number of thioether (sulfide) groups is 1. The van der Waals surface area contributed by atoms with Crippen LogP contribution in [0.4, 0.5) is 5.69 Å². The number of hydrogen-bond donors (Lipinski definition) is 2. The number of benzene rings is 4. The van der Waals surface area contributed by atoms with Crippen molar-refractivity contribution in [2.45, 2.75) is 32.2 Å². The van der Waals surface area contributed by atoms with E-state index in [9.17, 15) is 14.4 Å². The number of carbonyl (C=O) groups is 3. The third-order valence-electron chi connectivity index (χ3n) is 7.57. The van der Waals surface area contributed by atoms with Crippen LogP contribution in [0.3, 0.4) is 0 Å². The first-order chi connectivity index (χ1) is 20.9. The smallest absolute Gasteiger partial charge is 0.250 e. The second-order valence-corrected chi connectivity index (χ2v) is 11.6. The van der Waals surface area contributed by atoms with E-state index in [-0.39, 0.29) is 18.1 Å². The minimum atomic E-state index is -0.870. The van der Waals surface area contributed by atoms with Crippen molar-refractivity contribution in [3.8, 4) is 5.75 Å². The van der Waals surface area contributed by atoms with Gasteiger partial charge in [0.05, 0.1) is 31.0 Å². The second kappa shape index (κ2) is 13.7. The largest absolute Gasteiger partial charge is 0.497 e. The number of aryl methyl sites for hydroxylation is 1. The molecule has 0 radical (unpaired) electrons. The van der Waals surface area contributed by atoms with Gasteiger partial charge in [0, 0.05) is 22.2 Å². The molecule has 5 rings (SSSR count). The molecule has 0 spiro atoms. The number of Topliss-reactive ketones (excluding diaryl/α,β-unsaturated/α-hetero) is 1. The lowest BCUT2D eigenvalue weighted by Crippen LogP contribution is -2.47. The summed E-state index contributed by atoms with van der Waals surface area (Å²) < 4.78 is 5.41. The molecule has 0 aliphatic carbocycles. The summed E-state index contributed by atoms with van der Waals surface area (Å²) in [4.78, 5) is 44.8. The van der Waals surface area contributed by atoms with Crippen LogP contribution >= 0.6 is 11.8 Å². The fraction of sp³-hybridized carbons (Fsp3) is 0.229. The van der Waals surface area contributed by atoms with Crippen molar-refractivity contribution in [3.05, 3.63) is 108 Å². The van der Waals surface area contributed by atoms with Crippen LogP contribution < -0.4 is 15.4 Å². The molecule has 0 saturated heterocycles. The van der Waals surface area contributed by atoms with Crippen LogP contribution in [0.25, 0.3) is 21.7 Å². The van der Waals surface area contributed by atoms with Crippen molar-refractivity contribution < 1.29 is 19.1 Å². The highest BCUT2D eigenvalue weighted by atomic mass is 32.2. The molecular formula is C35H35N3O4S. The Morgan fingerprint density at radius 1 is 0.930 bits per heavy atom. The van der Waals surface area contributed by atoms with Crippen molar-refractivity contribution in [2.75, 3.05) is 23.5 Å². The van der Waals surface area contributed by atoms with Gasteiger partial charge in [0.2, 0.25) is 5.91 Å². The summed E-state index contributed by atoms with van der Waals surface area (Å²) in [6.07, 6.45) is 1.05. The van der Waals surface area contributed by atoms with E-state index in [1.807, 2.05) is 91.9 Å². The Kier molecular flexibility index (Phi) is 9.59. The molecule has 0 aliphatic heterocycles. The van der Waals surface area contributed by atoms with Gasteiger partial charge in [-0.3, -0.25) is 14.4 Å². The van der Waals surface area contributed by atoms with Crippen molar-refractivity contribution in [3.63, 3.8) is 0 Å². The second-order valence-electron chi connectivity index (χ2n) is 10.5. The quantitative estimate of drug-likeness (QED) is 0.127. The average Bonchev–Trinajstić information content (AvgIpc) is 3.34. The Labute approximate surface area is 255 Å². The number of nitrogens with two attached hydrogens (primary N) is 1. The molecule has 0 unspecified atom stereocenters. The molecular weight excluding hydrogens is 558 g/mol. The van der Waals surface area contributed by atoms with Gasteiger partial charge in [0.25, 0.3) is 5.91 Å². The van der Waals surface area contributed by atoms with Crippen LogP contribution in [0.15, 0.2) is 91.0 Å². The number of nitrogens with zero attached hydrogens (tertiary/aromatic N) is 1. The number of carbonyl (C=O) groups excluding carboxylic acids is 3. The summed E-state index contributed by atoms with van der Waals surface area (Å²) in [5.41, 5.74) is 10.2. The molecule has 0 saturated carbocycles. The van der Waals surface area contributed by atoms with E-state index in [2.05, 4.69) is 4.98 Å². The molecule has 43 heavy (non-hydrogen) atoms. The predicted molar refractivity (Wildman–Crippen MR) is 175 cm³/mol. The molecule has 3 N–H and O–H groups in total. The third-order valence-corrected chi connectivity index (χ3v) is 8.61. The zero-order valence-electron chi connectivity index (χ0n) is 24.3. The number of ketones is 1. The molecule has 1 atom stereocenters. The molecule has 0 bridgehead atoms. The monoisotopic (exact) mass is 593 g/mol. The number of nitrogens with one attached hydrogen (secondary N) is 1. The number of amides is 2. The van der Waals surface area contributed by atoms with Gasteiger partial charge in [-0.15, -0.1) is 0 Å². The van der Waals surface area contributed by atoms with Gasteiger partial charge in [-0.2, -0.15) is 11.8 Å². The maximum atomic E-state index is 14.0. The minimum Gasteiger partial charge on any atom is -0.497 e. The van der Waals surface area contributed by atoms with Crippen molar-refractivity contribution in [1.29, 1.82) is 0 Å². The Hall–Kier alpha value is -4.40. The molecule has 1 heterocycles. The van der Waals surface area contributed by atoms with Crippen molar-refractivity contribution >= 4 is 56.7 Å². The summed E-state index contributed by atoms with van der Waals surface area (Å²) in [5, 5.41) is 2.81. The normalized spacial score (nSPS) is 11.9. The van der Waals surface area contributed by atoms with Crippen LogP contribution in [-0.2, 0) is 16.0 Å². The standard InChI is InChI=1S/C35H35N3O4S/c1-23-29(30-20-28(42-2)16-17-32(30)37-23)21-34(40)38(27-15-14-24-9-6-7-12-26(24)19-27)35(41)31(36)13-8-18-43-22-33(39)25-10-4-3-5-11-25/h3-7,9-12,14-17,19-20,31,37H,8,13,18,21-22,36H2,1-2H3/t31-/m0/s1. The van der Waals surface area contributed by atoms with Gasteiger partial charge in [-0.1, -0.05) is 60.7 Å². The maximum absolute atomic E-state index is 14.0. The zero-order chi connectivity index (χ0) is 30.3. The van der Waals surface area contributed by atoms with E-state index in [4.69, 9.17) is 10.5 Å². The predicted octanol–water partition coefficient (Wildman–Crippen LogP) is 6.46. The number of methoxy groups -OCH3 is 1. The zero-order valence-corrected chi connectivity index (χ0v) is 25.2. The maximum Gasteiger partial charge on any atom is 0.250 e. The molecule has 5 aromatic rings. The number of H-pyrrole nitrogens is 1. The lowest BCUT2D eigenvalue weighted by molar-refractivity contribution is -0.127. The van der Waals surface area contributed by atoms with Crippen LogP contribution in [0.5, 0.6) is 5.75 Å². The lowest BCUT2D eigenvalue weighted by Gasteiger charge is -2.25. The minimum absolute atomic E-state index is 0.0156. The van der Waals surface area contributed by atoms with Gasteiger partial charge in [0.1, 0.15) is 5.75 Å². The van der Waals surface area contributed by atoms with Crippen LogP contribution in [0, 0.1) is 6.92 Å². The number of rotatable bonds is 12. The number of aromatic nitrogens is 1. The fourth-order valence-corrected chi connectivity index (χ4v) is 6.09. The van der Waals surface area contributed by atoms with Crippen LogP contribution in [0.2, 0.25) is 0 Å². The van der Waals surface area contributed by atoms with Gasteiger partial charge in [-0.25, -0.2) is 4.90 Å². The Morgan fingerprint density at radius 3 is 2.44 bits per heavy atom. The topological polar surface area (TPSA) is 105 Å². The van der Waals surface area contributed by atoms with Crippen LogP contribution in [0.1, 0.15) is 34.5 Å². The molecule has 7 nitrogen and oxygen atoms in total. The Bertz CT molecular complexity index is 1770. The van der Waals surface area contributed by atoms with Gasteiger partial charge < -0.3 is 15.5 Å². The summed E-state index contributed by atoms with van der Waals surface area (Å²) in [6.45, 7) is 1.92. The van der Waals surface area contributed by atoms with Crippen molar-refractivity contribution in [1.82, 2.24) is 4.98 Å². The van der Waals surface area contributed by atoms with Gasteiger partial charge in [0.15, 0.2) is 5.78 Å². The highest BCUT2D eigenvalue weighted by Gasteiger charge is 2.29. The van der Waals surface area contributed by atoms with Gasteiger partial charge in [-0.05, 0) is 72.2 Å². The first-order valence-electron chi connectivity index (χ1n) is 14.3. The number of aromatic amines is 1. The van der Waals surface area contributed by atoms with Gasteiger partial charge >= 0.3 is 0 Å². The first kappa shape index (κ1) is 30.1. The van der Waals surface area contributed by atoms with Crippen LogP contribution in [-0.4, -0.2) is 47.2 Å². The SMILES string of the molecule is COc1ccc2[nH]c(C)c(CC(=O)N(C(=O)[C@@H](N)CCCSCC(=O)c3ccccc3)c3ccc4ccccc4c3)c2c1. The van der Waals surface area contributed by atoms with E-state index in [0.29, 0.717) is 41.3 Å².